The van der Waals surface area contributed by atoms with Gasteiger partial charge >= 0.3 is 6.18 Å². The number of alkyl halides is 3. The number of nitrogens with zero attached hydrogens (tertiary/aromatic N) is 1. The molecule has 1 heterocycles. The Morgan fingerprint density at radius 2 is 1.96 bits per heavy atom. The van der Waals surface area contributed by atoms with E-state index in [0.717, 1.165) is 0 Å². The number of ether oxygens (including phenoxy) is 3. The molecule has 1 N–H and O–H groups in total. The van der Waals surface area contributed by atoms with Crippen LogP contribution in [0.15, 0.2) is 17.1 Å². The van der Waals surface area contributed by atoms with Gasteiger partial charge in [-0.15, -0.1) is 0 Å². The summed E-state index contributed by atoms with van der Waals surface area (Å²) in [6, 6.07) is 2.46. The maximum Gasteiger partial charge on any atom is 0.411 e. The van der Waals surface area contributed by atoms with Gasteiger partial charge in [-0.25, -0.2) is 0 Å². The fourth-order valence-electron chi connectivity index (χ4n) is 2.54. The molecule has 0 aliphatic carbocycles. The van der Waals surface area contributed by atoms with Crippen molar-refractivity contribution in [3.63, 3.8) is 0 Å². The highest BCUT2D eigenvalue weighted by molar-refractivity contribution is 6.13. The molecule has 0 fully saturated rings. The number of benzene rings is 1. The van der Waals surface area contributed by atoms with E-state index < -0.39 is 24.7 Å². The van der Waals surface area contributed by atoms with Crippen LogP contribution in [-0.2, 0) is 9.53 Å². The molecule has 0 saturated heterocycles. The third-order valence-electron chi connectivity index (χ3n) is 3.62. The topological polar surface area (TPSA) is 69.1 Å². The predicted molar refractivity (Wildman–Crippen MR) is 85.7 cm³/mol. The number of halogens is 3. The average molecular weight is 360 g/mol. The number of rotatable bonds is 6. The Bertz CT molecular complexity index is 674. The van der Waals surface area contributed by atoms with Crippen LogP contribution in [0.5, 0.6) is 11.5 Å². The second-order valence-electron chi connectivity index (χ2n) is 5.40. The zero-order chi connectivity index (χ0) is 18.6. The van der Waals surface area contributed by atoms with Gasteiger partial charge in [0.05, 0.1) is 25.5 Å². The average Bonchev–Trinajstić information content (AvgIpc) is 2.66. The quantitative estimate of drug-likeness (QED) is 0.792. The number of methoxy groups -OCH3 is 2. The minimum Gasteiger partial charge on any atom is -0.493 e. The summed E-state index contributed by atoms with van der Waals surface area (Å²) < 4.78 is 51.5. The van der Waals surface area contributed by atoms with Gasteiger partial charge in [0.1, 0.15) is 12.6 Å². The summed E-state index contributed by atoms with van der Waals surface area (Å²) in [6.07, 6.45) is -4.36. The van der Waals surface area contributed by atoms with Crippen molar-refractivity contribution in [3.8, 4) is 11.5 Å². The third-order valence-corrected chi connectivity index (χ3v) is 3.62. The number of aliphatic imine (C=N–C) groups is 1. The van der Waals surface area contributed by atoms with Crippen LogP contribution in [0.1, 0.15) is 18.9 Å². The van der Waals surface area contributed by atoms with Gasteiger partial charge in [0.2, 0.25) is 5.91 Å². The van der Waals surface area contributed by atoms with Gasteiger partial charge in [0, 0.05) is 18.7 Å². The van der Waals surface area contributed by atoms with Crippen molar-refractivity contribution in [1.82, 2.24) is 0 Å². The standard InChI is InChI=1S/C16H19F3N2O4/c1-9-13-10(4-5-12(23-2)14(13)24-3)21-15(22)11(20-9)6-7-25-8-16(17,18)19/h4-5,11H,6-8H2,1-3H3,(H,21,22). The highest BCUT2D eigenvalue weighted by atomic mass is 19.4. The van der Waals surface area contributed by atoms with Gasteiger partial charge in [-0.3, -0.25) is 9.79 Å². The largest absolute Gasteiger partial charge is 0.493 e. The molecule has 1 aliphatic heterocycles. The smallest absolute Gasteiger partial charge is 0.411 e. The van der Waals surface area contributed by atoms with E-state index >= 15 is 0 Å². The number of carbonyl (C=O) groups is 1. The minimum atomic E-state index is -4.40. The third kappa shape index (κ3) is 4.62. The lowest BCUT2D eigenvalue weighted by Crippen LogP contribution is -2.27. The number of nitrogens with one attached hydrogen (secondary N) is 1. The Morgan fingerprint density at radius 1 is 1.24 bits per heavy atom. The van der Waals surface area contributed by atoms with Crippen molar-refractivity contribution in [2.24, 2.45) is 4.99 Å². The van der Waals surface area contributed by atoms with Crippen molar-refractivity contribution >= 4 is 17.3 Å². The van der Waals surface area contributed by atoms with Crippen LogP contribution in [-0.4, -0.2) is 51.3 Å². The summed E-state index contributed by atoms with van der Waals surface area (Å²) in [5.41, 5.74) is 1.60. The fraction of sp³-hybridized carbons (Fsp3) is 0.500. The van der Waals surface area contributed by atoms with Crippen molar-refractivity contribution < 1.29 is 32.2 Å². The summed E-state index contributed by atoms with van der Waals surface area (Å²) in [5, 5.41) is 2.72. The minimum absolute atomic E-state index is 0.0344. The molecular formula is C16H19F3N2O4. The Labute approximate surface area is 143 Å². The molecule has 0 bridgehead atoms. The molecule has 2 rings (SSSR count). The first-order valence-electron chi connectivity index (χ1n) is 7.52. The number of amides is 1. The van der Waals surface area contributed by atoms with Crippen molar-refractivity contribution in [2.45, 2.75) is 25.6 Å². The van der Waals surface area contributed by atoms with E-state index in [9.17, 15) is 18.0 Å². The van der Waals surface area contributed by atoms with Gasteiger partial charge in [-0.2, -0.15) is 13.2 Å². The highest BCUT2D eigenvalue weighted by Gasteiger charge is 2.29. The molecule has 1 atom stereocenters. The van der Waals surface area contributed by atoms with Crippen LogP contribution in [0.2, 0.25) is 0 Å². The molecule has 0 spiro atoms. The monoisotopic (exact) mass is 360 g/mol. The van der Waals surface area contributed by atoms with E-state index in [1.54, 1.807) is 19.1 Å². The first-order valence-corrected chi connectivity index (χ1v) is 7.52. The van der Waals surface area contributed by atoms with Crippen LogP contribution >= 0.6 is 0 Å². The Hall–Kier alpha value is -2.29. The number of fused-ring (bicyclic) bond motifs is 1. The van der Waals surface area contributed by atoms with Crippen molar-refractivity contribution in [1.29, 1.82) is 0 Å². The van der Waals surface area contributed by atoms with Crippen LogP contribution < -0.4 is 14.8 Å². The van der Waals surface area contributed by atoms with E-state index in [1.807, 2.05) is 0 Å². The number of anilines is 1. The molecule has 1 aromatic rings. The predicted octanol–water partition coefficient (Wildman–Crippen LogP) is 2.80. The Morgan fingerprint density at radius 3 is 2.56 bits per heavy atom. The van der Waals surface area contributed by atoms with Crippen LogP contribution in [0.4, 0.5) is 18.9 Å². The summed E-state index contributed by atoms with van der Waals surface area (Å²) in [7, 11) is 2.97. The molecule has 1 amide bonds. The lowest BCUT2D eigenvalue weighted by molar-refractivity contribution is -0.174. The SMILES string of the molecule is COc1ccc2c(c1OC)C(C)=NC(CCOCC(F)(F)F)C(=O)N2. The molecule has 25 heavy (non-hydrogen) atoms. The number of hydrogen-bond acceptors (Lipinski definition) is 5. The second-order valence-corrected chi connectivity index (χ2v) is 5.40. The fourth-order valence-corrected chi connectivity index (χ4v) is 2.54. The molecule has 138 valence electrons. The normalized spacial score (nSPS) is 17.3. The molecule has 6 nitrogen and oxygen atoms in total. The van der Waals surface area contributed by atoms with Gasteiger partial charge in [-0.05, 0) is 19.1 Å². The maximum atomic E-state index is 12.3. The Balaban J connectivity index is 2.20. The molecule has 1 aliphatic rings. The molecule has 1 aromatic carbocycles. The van der Waals surface area contributed by atoms with E-state index in [4.69, 9.17) is 9.47 Å². The summed E-state index contributed by atoms with van der Waals surface area (Å²) in [4.78, 5) is 16.6. The number of carbonyl (C=O) groups excluding carboxylic acids is 1. The van der Waals surface area contributed by atoms with E-state index in [-0.39, 0.29) is 13.0 Å². The van der Waals surface area contributed by atoms with Gasteiger partial charge in [0.15, 0.2) is 11.5 Å². The van der Waals surface area contributed by atoms with Crippen LogP contribution in [0.25, 0.3) is 0 Å². The maximum absolute atomic E-state index is 12.3. The molecule has 9 heteroatoms. The van der Waals surface area contributed by atoms with E-state index in [0.29, 0.717) is 28.5 Å². The number of benzodiazepines with no additional fused rings is 1. The molecule has 0 saturated carbocycles. The first-order chi connectivity index (χ1) is 11.8. The Kier molecular flexibility index (Phi) is 5.89. The zero-order valence-electron chi connectivity index (χ0n) is 14.1. The first kappa shape index (κ1) is 19.0. The molecular weight excluding hydrogens is 341 g/mol. The van der Waals surface area contributed by atoms with Gasteiger partial charge < -0.3 is 19.5 Å². The lowest BCUT2D eigenvalue weighted by atomic mass is 10.1. The van der Waals surface area contributed by atoms with Gasteiger partial charge in [0.25, 0.3) is 0 Å². The van der Waals surface area contributed by atoms with Crippen LogP contribution in [0.3, 0.4) is 0 Å². The summed E-state index contributed by atoms with van der Waals surface area (Å²) in [6.45, 7) is 0.116. The summed E-state index contributed by atoms with van der Waals surface area (Å²) >= 11 is 0. The van der Waals surface area contributed by atoms with Crippen LogP contribution in [0, 0.1) is 0 Å². The van der Waals surface area contributed by atoms with Crippen molar-refractivity contribution in [3.05, 3.63) is 17.7 Å². The van der Waals surface area contributed by atoms with E-state index in [1.165, 1.54) is 14.2 Å². The molecule has 0 radical (unpaired) electrons. The lowest BCUT2D eigenvalue weighted by Gasteiger charge is -2.15. The summed E-state index contributed by atoms with van der Waals surface area (Å²) in [5.74, 6) is 0.494. The number of hydrogen-bond donors (Lipinski definition) is 1. The zero-order valence-corrected chi connectivity index (χ0v) is 14.1. The van der Waals surface area contributed by atoms with Crippen molar-refractivity contribution in [2.75, 3.05) is 32.8 Å². The molecule has 0 aromatic heterocycles. The second kappa shape index (κ2) is 7.73. The van der Waals surface area contributed by atoms with E-state index in [2.05, 4.69) is 15.0 Å². The van der Waals surface area contributed by atoms with Gasteiger partial charge in [-0.1, -0.05) is 0 Å². The highest BCUT2D eigenvalue weighted by Crippen LogP contribution is 2.38. The molecule has 1 unspecified atom stereocenters.